The van der Waals surface area contributed by atoms with E-state index in [0.717, 1.165) is 19.8 Å². The van der Waals surface area contributed by atoms with Crippen LogP contribution in [0.25, 0.3) is 0 Å². The summed E-state index contributed by atoms with van der Waals surface area (Å²) < 4.78 is 1.07. The molecular formula is C13H11BrOS. The molecule has 3 heteroatoms. The molecular weight excluding hydrogens is 284 g/mol. The molecule has 2 rings (SSSR count). The van der Waals surface area contributed by atoms with Crippen molar-refractivity contribution < 1.29 is 5.11 Å². The highest BCUT2D eigenvalue weighted by Gasteiger charge is 2.02. The van der Waals surface area contributed by atoms with Crippen LogP contribution in [0.15, 0.2) is 62.8 Å². The minimum absolute atomic E-state index is 0.0805. The molecule has 0 aromatic heterocycles. The molecule has 2 aromatic rings. The van der Waals surface area contributed by atoms with E-state index in [1.165, 1.54) is 0 Å². The van der Waals surface area contributed by atoms with E-state index in [4.69, 9.17) is 0 Å². The maximum Gasteiger partial charge on any atom is 0.0692 e. The third-order valence-corrected chi connectivity index (χ3v) is 3.77. The van der Waals surface area contributed by atoms with Crippen LogP contribution in [0.4, 0.5) is 0 Å². The van der Waals surface area contributed by atoms with Gasteiger partial charge in [0.05, 0.1) is 6.61 Å². The SMILES string of the molecule is OCc1ccccc1Sc1cccc(Br)c1. The first-order valence-electron chi connectivity index (χ1n) is 4.92. The van der Waals surface area contributed by atoms with Gasteiger partial charge in [-0.15, -0.1) is 0 Å². The summed E-state index contributed by atoms with van der Waals surface area (Å²) in [7, 11) is 0. The van der Waals surface area contributed by atoms with E-state index in [0.29, 0.717) is 0 Å². The zero-order valence-corrected chi connectivity index (χ0v) is 11.0. The van der Waals surface area contributed by atoms with Gasteiger partial charge >= 0.3 is 0 Å². The van der Waals surface area contributed by atoms with Crippen LogP contribution in [0.3, 0.4) is 0 Å². The first-order valence-corrected chi connectivity index (χ1v) is 6.53. The molecule has 0 aliphatic carbocycles. The lowest BCUT2D eigenvalue weighted by Gasteiger charge is -2.06. The molecule has 0 heterocycles. The lowest BCUT2D eigenvalue weighted by molar-refractivity contribution is 0.279. The van der Waals surface area contributed by atoms with Gasteiger partial charge in [-0.2, -0.15) is 0 Å². The Kier molecular flexibility index (Phi) is 4.04. The van der Waals surface area contributed by atoms with Crippen LogP contribution in [-0.2, 0) is 6.61 Å². The van der Waals surface area contributed by atoms with Crippen LogP contribution < -0.4 is 0 Å². The molecule has 1 N–H and O–H groups in total. The summed E-state index contributed by atoms with van der Waals surface area (Å²) in [6.07, 6.45) is 0. The summed E-state index contributed by atoms with van der Waals surface area (Å²) in [5, 5.41) is 9.23. The Morgan fingerprint density at radius 2 is 1.88 bits per heavy atom. The third-order valence-electron chi connectivity index (χ3n) is 2.17. The highest BCUT2D eigenvalue weighted by atomic mass is 79.9. The van der Waals surface area contributed by atoms with Crippen molar-refractivity contribution in [2.45, 2.75) is 16.4 Å². The fourth-order valence-corrected chi connectivity index (χ4v) is 2.94. The van der Waals surface area contributed by atoms with E-state index < -0.39 is 0 Å². The van der Waals surface area contributed by atoms with Gasteiger partial charge in [0.2, 0.25) is 0 Å². The normalized spacial score (nSPS) is 10.4. The number of aliphatic hydroxyl groups excluding tert-OH is 1. The lowest BCUT2D eigenvalue weighted by Crippen LogP contribution is -1.86. The number of halogens is 1. The van der Waals surface area contributed by atoms with Crippen LogP contribution in [0.5, 0.6) is 0 Å². The monoisotopic (exact) mass is 294 g/mol. The predicted octanol–water partition coefficient (Wildman–Crippen LogP) is 4.09. The quantitative estimate of drug-likeness (QED) is 0.920. The van der Waals surface area contributed by atoms with Crippen LogP contribution in [-0.4, -0.2) is 5.11 Å². The number of hydrogen-bond donors (Lipinski definition) is 1. The van der Waals surface area contributed by atoms with E-state index in [1.807, 2.05) is 36.4 Å². The molecule has 0 bridgehead atoms. The van der Waals surface area contributed by atoms with Crippen molar-refractivity contribution in [3.63, 3.8) is 0 Å². The second-order valence-electron chi connectivity index (χ2n) is 3.33. The maximum absolute atomic E-state index is 9.23. The van der Waals surface area contributed by atoms with E-state index >= 15 is 0 Å². The first-order chi connectivity index (χ1) is 7.79. The van der Waals surface area contributed by atoms with Crippen LogP contribution >= 0.6 is 27.7 Å². The van der Waals surface area contributed by atoms with Gasteiger partial charge in [-0.3, -0.25) is 0 Å². The standard InChI is InChI=1S/C13H11BrOS/c14-11-5-3-6-12(8-11)16-13-7-2-1-4-10(13)9-15/h1-8,15H,9H2. The maximum atomic E-state index is 9.23. The summed E-state index contributed by atoms with van der Waals surface area (Å²) in [4.78, 5) is 2.26. The number of rotatable bonds is 3. The van der Waals surface area contributed by atoms with Crippen molar-refractivity contribution in [3.8, 4) is 0 Å². The molecule has 0 atom stereocenters. The van der Waals surface area contributed by atoms with Crippen molar-refractivity contribution in [1.82, 2.24) is 0 Å². The van der Waals surface area contributed by atoms with E-state index in [2.05, 4.69) is 28.1 Å². The van der Waals surface area contributed by atoms with Crippen molar-refractivity contribution in [1.29, 1.82) is 0 Å². The Bertz CT molecular complexity index is 485. The molecule has 2 aromatic carbocycles. The van der Waals surface area contributed by atoms with Gasteiger partial charge in [0.15, 0.2) is 0 Å². The largest absolute Gasteiger partial charge is 0.392 e. The summed E-state index contributed by atoms with van der Waals surface area (Å²) in [6.45, 7) is 0.0805. The molecule has 0 aliphatic heterocycles. The molecule has 0 aliphatic rings. The molecule has 0 unspecified atom stereocenters. The lowest BCUT2D eigenvalue weighted by atomic mass is 10.2. The average Bonchev–Trinajstić information content (AvgIpc) is 2.30. The molecule has 0 radical (unpaired) electrons. The van der Waals surface area contributed by atoms with Gasteiger partial charge in [0.25, 0.3) is 0 Å². The second-order valence-corrected chi connectivity index (χ2v) is 5.36. The highest BCUT2D eigenvalue weighted by molar-refractivity contribution is 9.10. The van der Waals surface area contributed by atoms with Gasteiger partial charge in [-0.1, -0.05) is 52.0 Å². The Labute approximate surface area is 108 Å². The molecule has 16 heavy (non-hydrogen) atoms. The van der Waals surface area contributed by atoms with Crippen molar-refractivity contribution in [2.75, 3.05) is 0 Å². The fraction of sp³-hybridized carbons (Fsp3) is 0.0769. The third kappa shape index (κ3) is 2.88. The Hall–Kier alpha value is -0.770. The summed E-state index contributed by atoms with van der Waals surface area (Å²) >= 11 is 5.11. The summed E-state index contributed by atoms with van der Waals surface area (Å²) in [5.74, 6) is 0. The fourth-order valence-electron chi connectivity index (χ4n) is 1.39. The predicted molar refractivity (Wildman–Crippen MR) is 70.6 cm³/mol. The molecule has 1 nitrogen and oxygen atoms in total. The minimum atomic E-state index is 0.0805. The molecule has 82 valence electrons. The van der Waals surface area contributed by atoms with Crippen molar-refractivity contribution in [2.24, 2.45) is 0 Å². The Morgan fingerprint density at radius 1 is 1.06 bits per heavy atom. The molecule has 0 fully saturated rings. The smallest absolute Gasteiger partial charge is 0.0692 e. The number of aliphatic hydroxyl groups is 1. The van der Waals surface area contributed by atoms with Crippen LogP contribution in [0.1, 0.15) is 5.56 Å². The zero-order valence-electron chi connectivity index (χ0n) is 8.56. The van der Waals surface area contributed by atoms with Gasteiger partial charge in [-0.25, -0.2) is 0 Å². The van der Waals surface area contributed by atoms with E-state index in [9.17, 15) is 5.11 Å². The van der Waals surface area contributed by atoms with Crippen LogP contribution in [0, 0.1) is 0 Å². The Morgan fingerprint density at radius 3 is 2.62 bits per heavy atom. The Balaban J connectivity index is 2.26. The summed E-state index contributed by atoms with van der Waals surface area (Å²) in [5.41, 5.74) is 0.965. The van der Waals surface area contributed by atoms with Crippen LogP contribution in [0.2, 0.25) is 0 Å². The molecule has 0 saturated heterocycles. The van der Waals surface area contributed by atoms with Gasteiger partial charge in [0.1, 0.15) is 0 Å². The number of hydrogen-bond acceptors (Lipinski definition) is 2. The zero-order chi connectivity index (χ0) is 11.4. The van der Waals surface area contributed by atoms with Gasteiger partial charge in [0, 0.05) is 14.3 Å². The average molecular weight is 295 g/mol. The van der Waals surface area contributed by atoms with E-state index in [-0.39, 0.29) is 6.61 Å². The summed E-state index contributed by atoms with van der Waals surface area (Å²) in [6, 6.07) is 16.0. The first kappa shape index (κ1) is 11.7. The van der Waals surface area contributed by atoms with Gasteiger partial charge in [-0.05, 0) is 29.8 Å². The van der Waals surface area contributed by atoms with E-state index in [1.54, 1.807) is 11.8 Å². The minimum Gasteiger partial charge on any atom is -0.392 e. The van der Waals surface area contributed by atoms with Gasteiger partial charge < -0.3 is 5.11 Å². The topological polar surface area (TPSA) is 20.2 Å². The molecule has 0 saturated carbocycles. The molecule has 0 amide bonds. The highest BCUT2D eigenvalue weighted by Crippen LogP contribution is 2.31. The molecule has 0 spiro atoms. The number of benzene rings is 2. The van der Waals surface area contributed by atoms with Crippen molar-refractivity contribution >= 4 is 27.7 Å². The second kappa shape index (κ2) is 5.53. The van der Waals surface area contributed by atoms with Crippen molar-refractivity contribution in [3.05, 3.63) is 58.6 Å².